The molecule has 3 heteroatoms. The maximum absolute atomic E-state index is 12.6. The summed E-state index contributed by atoms with van der Waals surface area (Å²) in [5, 5.41) is 0. The molecule has 21 heavy (non-hydrogen) atoms. The summed E-state index contributed by atoms with van der Waals surface area (Å²) in [6.45, 7) is 8.53. The second-order valence-corrected chi connectivity index (χ2v) is 6.49. The van der Waals surface area contributed by atoms with Crippen LogP contribution in [0.3, 0.4) is 0 Å². The number of carbonyl (C=O) groups is 1. The van der Waals surface area contributed by atoms with Gasteiger partial charge in [-0.05, 0) is 42.9 Å². The van der Waals surface area contributed by atoms with E-state index in [4.69, 9.17) is 5.73 Å². The molecule has 1 aliphatic heterocycles. The monoisotopic (exact) mass is 284 g/mol. The molecule has 1 fully saturated rings. The van der Waals surface area contributed by atoms with E-state index in [9.17, 15) is 4.79 Å². The third-order valence-electron chi connectivity index (χ3n) is 4.21. The molecule has 0 radical (unpaired) electrons. The lowest BCUT2D eigenvalue weighted by molar-refractivity contribution is 0.0630. The predicted octanol–water partition coefficient (Wildman–Crippen LogP) is 2.57. The summed E-state index contributed by atoms with van der Waals surface area (Å²) in [6, 6.07) is 5.74. The van der Waals surface area contributed by atoms with Gasteiger partial charge in [-0.25, -0.2) is 0 Å². The highest BCUT2D eigenvalue weighted by atomic mass is 16.2. The summed E-state index contributed by atoms with van der Waals surface area (Å²) >= 11 is 0. The number of benzene rings is 1. The first-order valence-corrected chi connectivity index (χ1v) is 7.52. The molecule has 1 aliphatic rings. The first kappa shape index (κ1) is 15.6. The molecule has 0 atom stereocenters. The summed E-state index contributed by atoms with van der Waals surface area (Å²) in [6.07, 6.45) is 2.12. The van der Waals surface area contributed by atoms with E-state index in [1.807, 2.05) is 30.0 Å². The van der Waals surface area contributed by atoms with Crippen molar-refractivity contribution in [1.82, 2.24) is 4.90 Å². The number of rotatable bonds is 1. The molecule has 2 N–H and O–H groups in total. The third-order valence-corrected chi connectivity index (χ3v) is 4.21. The van der Waals surface area contributed by atoms with Crippen molar-refractivity contribution in [3.8, 4) is 11.8 Å². The average Bonchev–Trinajstić information content (AvgIpc) is 2.46. The number of carbonyl (C=O) groups excluding carboxylic acids is 1. The molecule has 3 nitrogen and oxygen atoms in total. The zero-order chi connectivity index (χ0) is 15.5. The van der Waals surface area contributed by atoms with Crippen LogP contribution in [-0.4, -0.2) is 30.4 Å². The van der Waals surface area contributed by atoms with Crippen molar-refractivity contribution >= 4 is 5.91 Å². The maximum atomic E-state index is 12.6. The SMILES string of the molecule is Cc1ccc(C(=O)N2CCC(C)(C)CC2)cc1C#CCN. The summed E-state index contributed by atoms with van der Waals surface area (Å²) in [5.41, 5.74) is 8.46. The Morgan fingerprint density at radius 2 is 2.00 bits per heavy atom. The minimum absolute atomic E-state index is 0.112. The van der Waals surface area contributed by atoms with Crippen LogP contribution in [0.2, 0.25) is 0 Å². The van der Waals surface area contributed by atoms with Crippen LogP contribution in [0, 0.1) is 24.2 Å². The van der Waals surface area contributed by atoms with Gasteiger partial charge in [0.05, 0.1) is 6.54 Å². The molecule has 2 rings (SSSR count). The van der Waals surface area contributed by atoms with E-state index in [1.165, 1.54) is 0 Å². The fraction of sp³-hybridized carbons (Fsp3) is 0.500. The molecule has 1 amide bonds. The fourth-order valence-electron chi connectivity index (χ4n) is 2.53. The zero-order valence-electron chi connectivity index (χ0n) is 13.2. The van der Waals surface area contributed by atoms with Gasteiger partial charge in [-0.15, -0.1) is 0 Å². The highest BCUT2D eigenvalue weighted by Gasteiger charge is 2.28. The summed E-state index contributed by atoms with van der Waals surface area (Å²) in [5.74, 6) is 6.01. The van der Waals surface area contributed by atoms with Crippen molar-refractivity contribution in [2.45, 2.75) is 33.6 Å². The molecule has 1 heterocycles. The smallest absolute Gasteiger partial charge is 0.253 e. The van der Waals surface area contributed by atoms with Crippen LogP contribution in [0.4, 0.5) is 0 Å². The number of aryl methyl sites for hydroxylation is 1. The van der Waals surface area contributed by atoms with Crippen LogP contribution in [-0.2, 0) is 0 Å². The molecule has 0 unspecified atom stereocenters. The highest BCUT2D eigenvalue weighted by Crippen LogP contribution is 2.30. The van der Waals surface area contributed by atoms with Crippen LogP contribution in [0.15, 0.2) is 18.2 Å². The standard InChI is InChI=1S/C18H24N2O/c1-14-6-7-16(13-15(14)5-4-10-19)17(21)20-11-8-18(2,3)9-12-20/h6-7,13H,8-12,19H2,1-3H3. The Kier molecular flexibility index (Phi) is 4.69. The highest BCUT2D eigenvalue weighted by molar-refractivity contribution is 5.94. The van der Waals surface area contributed by atoms with Crippen molar-refractivity contribution in [3.63, 3.8) is 0 Å². The third kappa shape index (κ3) is 3.86. The number of amides is 1. The average molecular weight is 284 g/mol. The number of hydrogen-bond donors (Lipinski definition) is 1. The predicted molar refractivity (Wildman–Crippen MR) is 86.0 cm³/mol. The van der Waals surface area contributed by atoms with Crippen LogP contribution in [0.25, 0.3) is 0 Å². The summed E-state index contributed by atoms with van der Waals surface area (Å²) in [7, 11) is 0. The van der Waals surface area contributed by atoms with Crippen LogP contribution < -0.4 is 5.73 Å². The minimum atomic E-state index is 0.112. The molecule has 1 aromatic carbocycles. The Morgan fingerprint density at radius 3 is 2.62 bits per heavy atom. The van der Waals surface area contributed by atoms with E-state index in [-0.39, 0.29) is 5.91 Å². The number of nitrogens with zero attached hydrogens (tertiary/aromatic N) is 1. The lowest BCUT2D eigenvalue weighted by atomic mass is 9.82. The fourth-order valence-corrected chi connectivity index (χ4v) is 2.53. The first-order chi connectivity index (χ1) is 9.93. The Morgan fingerprint density at radius 1 is 1.33 bits per heavy atom. The number of nitrogens with two attached hydrogens (primary N) is 1. The number of hydrogen-bond acceptors (Lipinski definition) is 2. The first-order valence-electron chi connectivity index (χ1n) is 7.52. The van der Waals surface area contributed by atoms with E-state index >= 15 is 0 Å². The van der Waals surface area contributed by atoms with Gasteiger partial charge in [0.25, 0.3) is 5.91 Å². The van der Waals surface area contributed by atoms with Gasteiger partial charge < -0.3 is 10.6 Å². The molecule has 1 aromatic rings. The van der Waals surface area contributed by atoms with Gasteiger partial charge in [0.15, 0.2) is 0 Å². The van der Waals surface area contributed by atoms with Crippen LogP contribution in [0.1, 0.15) is 48.2 Å². The molecule has 0 aliphatic carbocycles. The van der Waals surface area contributed by atoms with Crippen molar-refractivity contribution in [2.75, 3.05) is 19.6 Å². The van der Waals surface area contributed by atoms with Gasteiger partial charge in [0.1, 0.15) is 0 Å². The van der Waals surface area contributed by atoms with Gasteiger partial charge in [0, 0.05) is 24.2 Å². The Balaban J connectivity index is 2.16. The van der Waals surface area contributed by atoms with Crippen molar-refractivity contribution in [3.05, 3.63) is 34.9 Å². The zero-order valence-corrected chi connectivity index (χ0v) is 13.2. The lowest BCUT2D eigenvalue weighted by Gasteiger charge is -2.37. The molecular formula is C18H24N2O. The Labute approximate surface area is 127 Å². The molecule has 1 saturated heterocycles. The van der Waals surface area contributed by atoms with Crippen LogP contribution in [0.5, 0.6) is 0 Å². The van der Waals surface area contributed by atoms with E-state index in [0.29, 0.717) is 12.0 Å². The van der Waals surface area contributed by atoms with E-state index in [0.717, 1.165) is 42.6 Å². The second kappa shape index (κ2) is 6.32. The summed E-state index contributed by atoms with van der Waals surface area (Å²) < 4.78 is 0. The van der Waals surface area contributed by atoms with Crippen molar-refractivity contribution in [2.24, 2.45) is 11.1 Å². The quantitative estimate of drug-likeness (QED) is 0.806. The van der Waals surface area contributed by atoms with Crippen LogP contribution >= 0.6 is 0 Å². The maximum Gasteiger partial charge on any atom is 0.253 e. The lowest BCUT2D eigenvalue weighted by Crippen LogP contribution is -2.41. The molecule has 0 saturated carbocycles. The molecular weight excluding hydrogens is 260 g/mol. The van der Waals surface area contributed by atoms with Gasteiger partial charge in [-0.3, -0.25) is 4.79 Å². The minimum Gasteiger partial charge on any atom is -0.339 e. The molecule has 0 spiro atoms. The van der Waals surface area contributed by atoms with E-state index in [1.54, 1.807) is 0 Å². The normalized spacial score (nSPS) is 17.0. The number of likely N-dealkylation sites (tertiary alicyclic amines) is 1. The summed E-state index contributed by atoms with van der Waals surface area (Å²) in [4.78, 5) is 14.6. The Bertz CT molecular complexity index is 583. The van der Waals surface area contributed by atoms with Gasteiger partial charge in [0.2, 0.25) is 0 Å². The molecule has 0 bridgehead atoms. The second-order valence-electron chi connectivity index (χ2n) is 6.49. The number of piperidine rings is 1. The Hall–Kier alpha value is -1.79. The topological polar surface area (TPSA) is 46.3 Å². The molecule has 0 aromatic heterocycles. The largest absolute Gasteiger partial charge is 0.339 e. The van der Waals surface area contributed by atoms with Crippen molar-refractivity contribution < 1.29 is 4.79 Å². The van der Waals surface area contributed by atoms with Gasteiger partial charge in [-0.1, -0.05) is 31.8 Å². The van der Waals surface area contributed by atoms with Crippen molar-refractivity contribution in [1.29, 1.82) is 0 Å². The van der Waals surface area contributed by atoms with E-state index in [2.05, 4.69) is 25.7 Å². The van der Waals surface area contributed by atoms with Gasteiger partial charge >= 0.3 is 0 Å². The van der Waals surface area contributed by atoms with Gasteiger partial charge in [-0.2, -0.15) is 0 Å². The molecule has 112 valence electrons. The van der Waals surface area contributed by atoms with E-state index < -0.39 is 0 Å².